The fraction of sp³-hybridized carbons (Fsp3) is 0.562. The minimum absolute atomic E-state index is 0.0106. The molecular formula is C16H22F3N3O. The van der Waals surface area contributed by atoms with Gasteiger partial charge in [-0.1, -0.05) is 12.1 Å². The van der Waals surface area contributed by atoms with Crippen molar-refractivity contribution in [1.82, 2.24) is 10.2 Å². The Hall–Kier alpha value is -1.76. The molecular weight excluding hydrogens is 307 g/mol. The van der Waals surface area contributed by atoms with Crippen LogP contribution in [-0.4, -0.2) is 56.3 Å². The summed E-state index contributed by atoms with van der Waals surface area (Å²) in [6.07, 6.45) is -4.36. The Bertz CT molecular complexity index is 552. The Balaban J connectivity index is 1.82. The van der Waals surface area contributed by atoms with Gasteiger partial charge >= 0.3 is 6.18 Å². The van der Waals surface area contributed by atoms with E-state index in [9.17, 15) is 18.0 Å². The Morgan fingerprint density at radius 1 is 1.17 bits per heavy atom. The zero-order chi connectivity index (χ0) is 17.0. The number of halogens is 3. The quantitative estimate of drug-likeness (QED) is 0.919. The first kappa shape index (κ1) is 17.6. The highest BCUT2D eigenvalue weighted by molar-refractivity contribution is 5.78. The van der Waals surface area contributed by atoms with E-state index in [0.29, 0.717) is 13.1 Å². The van der Waals surface area contributed by atoms with Gasteiger partial charge in [0.2, 0.25) is 5.91 Å². The molecule has 0 aromatic heterocycles. The number of nitrogens with zero attached hydrogens (tertiary/aromatic N) is 2. The van der Waals surface area contributed by atoms with Crippen LogP contribution in [0.3, 0.4) is 0 Å². The molecule has 0 radical (unpaired) electrons. The average molecular weight is 329 g/mol. The van der Waals surface area contributed by atoms with Gasteiger partial charge in [0.05, 0.1) is 6.54 Å². The molecule has 1 aliphatic rings. The van der Waals surface area contributed by atoms with Gasteiger partial charge in [-0.05, 0) is 31.0 Å². The summed E-state index contributed by atoms with van der Waals surface area (Å²) in [6, 6.07) is 6.17. The predicted molar refractivity (Wildman–Crippen MR) is 83.6 cm³/mol. The van der Waals surface area contributed by atoms with E-state index in [4.69, 9.17) is 0 Å². The first-order valence-electron chi connectivity index (χ1n) is 7.63. The van der Waals surface area contributed by atoms with E-state index in [2.05, 4.69) is 30.9 Å². The van der Waals surface area contributed by atoms with Gasteiger partial charge in [-0.25, -0.2) is 0 Å². The summed E-state index contributed by atoms with van der Waals surface area (Å²) in [5.74, 6) is -0.581. The fourth-order valence-electron chi connectivity index (χ4n) is 2.68. The molecule has 0 saturated carbocycles. The first-order chi connectivity index (χ1) is 10.8. The second kappa shape index (κ2) is 7.21. The van der Waals surface area contributed by atoms with Crippen molar-refractivity contribution in [3.63, 3.8) is 0 Å². The number of piperazine rings is 1. The normalized spacial score (nSPS) is 16.5. The van der Waals surface area contributed by atoms with E-state index >= 15 is 0 Å². The number of benzene rings is 1. The van der Waals surface area contributed by atoms with Gasteiger partial charge in [-0.2, -0.15) is 13.2 Å². The third kappa shape index (κ3) is 5.13. The Morgan fingerprint density at radius 3 is 2.43 bits per heavy atom. The summed E-state index contributed by atoms with van der Waals surface area (Å²) in [4.78, 5) is 15.7. The average Bonchev–Trinajstić information content (AvgIpc) is 2.48. The number of anilines is 1. The molecule has 7 heteroatoms. The van der Waals surface area contributed by atoms with Crippen LogP contribution < -0.4 is 10.2 Å². The number of alkyl halides is 3. The summed E-state index contributed by atoms with van der Waals surface area (Å²) < 4.78 is 36.2. The number of nitrogens with one attached hydrogen (secondary N) is 1. The van der Waals surface area contributed by atoms with Gasteiger partial charge in [0.1, 0.15) is 6.54 Å². The first-order valence-corrected chi connectivity index (χ1v) is 7.63. The zero-order valence-corrected chi connectivity index (χ0v) is 13.4. The molecule has 0 aliphatic carbocycles. The lowest BCUT2D eigenvalue weighted by molar-refractivity contribution is -0.139. The summed E-state index contributed by atoms with van der Waals surface area (Å²) in [6.45, 7) is 5.74. The van der Waals surface area contributed by atoms with Crippen molar-refractivity contribution in [3.8, 4) is 0 Å². The SMILES string of the molecule is Cc1cccc(N2CCN(CC(=O)NCC(F)(F)F)CC2)c1C. The van der Waals surface area contributed by atoms with Crippen molar-refractivity contribution in [2.24, 2.45) is 0 Å². The number of hydrogen-bond acceptors (Lipinski definition) is 3. The number of hydrogen-bond donors (Lipinski definition) is 1. The smallest absolute Gasteiger partial charge is 0.369 e. The molecule has 1 N–H and O–H groups in total. The van der Waals surface area contributed by atoms with Crippen LogP contribution in [0.1, 0.15) is 11.1 Å². The highest BCUT2D eigenvalue weighted by atomic mass is 19.4. The van der Waals surface area contributed by atoms with Crippen molar-refractivity contribution in [2.45, 2.75) is 20.0 Å². The summed E-state index contributed by atoms with van der Waals surface area (Å²) in [7, 11) is 0. The third-order valence-electron chi connectivity index (χ3n) is 4.14. The highest BCUT2D eigenvalue weighted by Gasteiger charge is 2.28. The van der Waals surface area contributed by atoms with Crippen molar-refractivity contribution < 1.29 is 18.0 Å². The summed E-state index contributed by atoms with van der Waals surface area (Å²) >= 11 is 0. The van der Waals surface area contributed by atoms with Crippen LogP contribution in [0.15, 0.2) is 18.2 Å². The van der Waals surface area contributed by atoms with Gasteiger partial charge in [0.15, 0.2) is 0 Å². The highest BCUT2D eigenvalue weighted by Crippen LogP contribution is 2.23. The van der Waals surface area contributed by atoms with Crippen LogP contribution in [0, 0.1) is 13.8 Å². The largest absolute Gasteiger partial charge is 0.405 e. The lowest BCUT2D eigenvalue weighted by atomic mass is 10.1. The minimum Gasteiger partial charge on any atom is -0.369 e. The molecule has 23 heavy (non-hydrogen) atoms. The van der Waals surface area contributed by atoms with Gasteiger partial charge in [0, 0.05) is 31.9 Å². The maximum absolute atomic E-state index is 12.1. The van der Waals surface area contributed by atoms with Crippen molar-refractivity contribution >= 4 is 11.6 Å². The number of amides is 1. The molecule has 1 aromatic carbocycles. The second-order valence-electron chi connectivity index (χ2n) is 5.87. The van der Waals surface area contributed by atoms with E-state index in [0.717, 1.165) is 13.1 Å². The lowest BCUT2D eigenvalue weighted by Crippen LogP contribution is -2.50. The third-order valence-corrected chi connectivity index (χ3v) is 4.14. The maximum atomic E-state index is 12.1. The van der Waals surface area contributed by atoms with Crippen LogP contribution in [-0.2, 0) is 4.79 Å². The van der Waals surface area contributed by atoms with Crippen LogP contribution in [0.25, 0.3) is 0 Å². The number of aryl methyl sites for hydroxylation is 1. The standard InChI is InChI=1S/C16H22F3N3O/c1-12-4-3-5-14(13(12)2)22-8-6-21(7-9-22)10-15(23)20-11-16(17,18)19/h3-5H,6-11H2,1-2H3,(H,20,23). The van der Waals surface area contributed by atoms with Gasteiger partial charge in [0.25, 0.3) is 0 Å². The van der Waals surface area contributed by atoms with Crippen molar-refractivity contribution in [1.29, 1.82) is 0 Å². The van der Waals surface area contributed by atoms with Crippen LogP contribution in [0.2, 0.25) is 0 Å². The number of carbonyl (C=O) groups excluding carboxylic acids is 1. The number of carbonyl (C=O) groups is 1. The molecule has 0 bridgehead atoms. The molecule has 1 amide bonds. The van der Waals surface area contributed by atoms with Crippen molar-refractivity contribution in [2.75, 3.05) is 44.2 Å². The maximum Gasteiger partial charge on any atom is 0.405 e. The molecule has 1 heterocycles. The van der Waals surface area contributed by atoms with Crippen molar-refractivity contribution in [3.05, 3.63) is 29.3 Å². The molecule has 1 aliphatic heterocycles. The van der Waals surface area contributed by atoms with E-state index in [-0.39, 0.29) is 6.54 Å². The molecule has 2 rings (SSSR count). The molecule has 128 valence electrons. The Kier molecular flexibility index (Phi) is 5.51. The minimum atomic E-state index is -4.36. The van der Waals surface area contributed by atoms with E-state index in [1.165, 1.54) is 16.8 Å². The fourth-order valence-corrected chi connectivity index (χ4v) is 2.68. The van der Waals surface area contributed by atoms with Crippen LogP contribution >= 0.6 is 0 Å². The Morgan fingerprint density at radius 2 is 1.83 bits per heavy atom. The predicted octanol–water partition coefficient (Wildman–Crippen LogP) is 2.10. The van der Waals surface area contributed by atoms with Crippen LogP contribution in [0.5, 0.6) is 0 Å². The Labute approximate surface area is 134 Å². The lowest BCUT2D eigenvalue weighted by Gasteiger charge is -2.36. The summed E-state index contributed by atoms with van der Waals surface area (Å²) in [5, 5.41) is 1.91. The monoisotopic (exact) mass is 329 g/mol. The molecule has 1 saturated heterocycles. The second-order valence-corrected chi connectivity index (χ2v) is 5.87. The van der Waals surface area contributed by atoms with Gasteiger partial charge < -0.3 is 10.2 Å². The molecule has 1 aromatic rings. The topological polar surface area (TPSA) is 35.6 Å². The van der Waals surface area contributed by atoms with Crippen LogP contribution in [0.4, 0.5) is 18.9 Å². The van der Waals surface area contributed by atoms with E-state index < -0.39 is 18.6 Å². The van der Waals surface area contributed by atoms with E-state index in [1.807, 2.05) is 16.3 Å². The van der Waals surface area contributed by atoms with Gasteiger partial charge in [-0.15, -0.1) is 0 Å². The summed E-state index contributed by atoms with van der Waals surface area (Å²) in [5.41, 5.74) is 3.66. The molecule has 0 spiro atoms. The molecule has 4 nitrogen and oxygen atoms in total. The van der Waals surface area contributed by atoms with E-state index in [1.54, 1.807) is 0 Å². The molecule has 0 atom stereocenters. The van der Waals surface area contributed by atoms with Gasteiger partial charge in [-0.3, -0.25) is 9.69 Å². The zero-order valence-electron chi connectivity index (χ0n) is 13.4. The number of rotatable bonds is 4. The molecule has 0 unspecified atom stereocenters. The molecule has 1 fully saturated rings.